The van der Waals surface area contributed by atoms with E-state index >= 15 is 0 Å². The van der Waals surface area contributed by atoms with Crippen molar-refractivity contribution in [3.63, 3.8) is 0 Å². The summed E-state index contributed by atoms with van der Waals surface area (Å²) < 4.78 is 5.48. The fraction of sp³-hybridized carbons (Fsp3) is 0.533. The van der Waals surface area contributed by atoms with E-state index in [9.17, 15) is 14.9 Å². The fourth-order valence-corrected chi connectivity index (χ4v) is 2.50. The van der Waals surface area contributed by atoms with Gasteiger partial charge in [0, 0.05) is 12.1 Å². The summed E-state index contributed by atoms with van der Waals surface area (Å²) in [5.74, 6) is -0.101. The van der Waals surface area contributed by atoms with Crippen molar-refractivity contribution in [3.8, 4) is 5.75 Å². The average Bonchev–Trinajstić information content (AvgIpc) is 2.93. The van der Waals surface area contributed by atoms with Gasteiger partial charge in [-0.1, -0.05) is 18.9 Å². The molecule has 1 atom stereocenters. The standard InChI is InChI=1S/C15H20N2O4/c1-10-7-8-14(13(9-10)17(19)20)21-11(2)15(18)16-12-5-3-4-6-12/h7-9,11-12H,3-6H2,1-2H3,(H,16,18)/t11-/m0/s1. The number of nitro groups is 1. The minimum absolute atomic E-state index is 0.115. The third-order valence-corrected chi connectivity index (χ3v) is 3.69. The van der Waals surface area contributed by atoms with Crippen LogP contribution in [0.2, 0.25) is 0 Å². The number of carbonyl (C=O) groups excluding carboxylic acids is 1. The number of nitro benzene ring substituents is 1. The van der Waals surface area contributed by atoms with Crippen molar-refractivity contribution in [2.24, 2.45) is 0 Å². The molecule has 6 nitrogen and oxygen atoms in total. The van der Waals surface area contributed by atoms with E-state index in [4.69, 9.17) is 4.74 Å². The molecule has 1 aliphatic rings. The van der Waals surface area contributed by atoms with Crippen LogP contribution in [-0.2, 0) is 4.79 Å². The Morgan fingerprint density at radius 2 is 2.10 bits per heavy atom. The number of rotatable bonds is 5. The molecule has 0 heterocycles. The third-order valence-electron chi connectivity index (χ3n) is 3.69. The zero-order valence-corrected chi connectivity index (χ0v) is 12.3. The van der Waals surface area contributed by atoms with Gasteiger partial charge in [0.25, 0.3) is 5.91 Å². The van der Waals surface area contributed by atoms with Gasteiger partial charge in [-0.15, -0.1) is 0 Å². The molecule has 1 amide bonds. The Labute approximate surface area is 123 Å². The maximum absolute atomic E-state index is 12.0. The summed E-state index contributed by atoms with van der Waals surface area (Å²) in [7, 11) is 0. The molecular weight excluding hydrogens is 272 g/mol. The molecule has 1 saturated carbocycles. The summed E-state index contributed by atoms with van der Waals surface area (Å²) in [6, 6.07) is 4.91. The molecule has 0 radical (unpaired) electrons. The molecule has 0 saturated heterocycles. The minimum Gasteiger partial charge on any atom is -0.474 e. The highest BCUT2D eigenvalue weighted by molar-refractivity contribution is 5.81. The number of aryl methyl sites for hydroxylation is 1. The molecule has 1 N–H and O–H groups in total. The topological polar surface area (TPSA) is 81.5 Å². The predicted octanol–water partition coefficient (Wildman–Crippen LogP) is 2.73. The van der Waals surface area contributed by atoms with Gasteiger partial charge < -0.3 is 10.1 Å². The van der Waals surface area contributed by atoms with Gasteiger partial charge in [-0.2, -0.15) is 0 Å². The molecule has 1 aromatic carbocycles. The number of nitrogens with one attached hydrogen (secondary N) is 1. The highest BCUT2D eigenvalue weighted by Crippen LogP contribution is 2.28. The lowest BCUT2D eigenvalue weighted by Crippen LogP contribution is -2.41. The largest absolute Gasteiger partial charge is 0.474 e. The first-order chi connectivity index (χ1) is 9.97. The first-order valence-corrected chi connectivity index (χ1v) is 7.19. The second-order valence-corrected chi connectivity index (χ2v) is 5.48. The summed E-state index contributed by atoms with van der Waals surface area (Å²) >= 11 is 0. The number of hydrogen-bond donors (Lipinski definition) is 1. The molecule has 0 aliphatic heterocycles. The normalized spacial score (nSPS) is 16.5. The van der Waals surface area contributed by atoms with Crippen molar-refractivity contribution < 1.29 is 14.5 Å². The Hall–Kier alpha value is -2.11. The van der Waals surface area contributed by atoms with Crippen LogP contribution in [0, 0.1) is 17.0 Å². The molecule has 0 bridgehead atoms. The van der Waals surface area contributed by atoms with Crippen molar-refractivity contribution in [1.29, 1.82) is 0 Å². The first-order valence-electron chi connectivity index (χ1n) is 7.19. The maximum Gasteiger partial charge on any atom is 0.311 e. The summed E-state index contributed by atoms with van der Waals surface area (Å²) in [4.78, 5) is 22.6. The van der Waals surface area contributed by atoms with E-state index < -0.39 is 11.0 Å². The summed E-state index contributed by atoms with van der Waals surface area (Å²) in [5, 5.41) is 14.0. The lowest BCUT2D eigenvalue weighted by atomic mass is 10.2. The maximum atomic E-state index is 12.0. The number of hydrogen-bond acceptors (Lipinski definition) is 4. The summed E-state index contributed by atoms with van der Waals surface area (Å²) in [6.07, 6.45) is 3.48. The molecule has 1 aromatic rings. The quantitative estimate of drug-likeness (QED) is 0.668. The van der Waals surface area contributed by atoms with Crippen LogP contribution in [0.1, 0.15) is 38.2 Å². The highest BCUT2D eigenvalue weighted by Gasteiger charge is 2.24. The Morgan fingerprint density at radius 3 is 2.71 bits per heavy atom. The van der Waals surface area contributed by atoms with Crippen LogP contribution < -0.4 is 10.1 Å². The first kappa shape index (κ1) is 15.3. The number of benzene rings is 1. The van der Waals surface area contributed by atoms with Gasteiger partial charge in [0.15, 0.2) is 11.9 Å². The molecule has 0 aromatic heterocycles. The van der Waals surface area contributed by atoms with Crippen LogP contribution in [0.4, 0.5) is 5.69 Å². The zero-order valence-electron chi connectivity index (χ0n) is 12.3. The monoisotopic (exact) mass is 292 g/mol. The molecule has 1 aliphatic carbocycles. The molecule has 0 spiro atoms. The smallest absolute Gasteiger partial charge is 0.311 e. The molecule has 1 fully saturated rings. The van der Waals surface area contributed by atoms with Crippen LogP contribution in [0.3, 0.4) is 0 Å². The van der Waals surface area contributed by atoms with E-state index in [1.165, 1.54) is 12.1 Å². The molecule has 0 unspecified atom stereocenters. The third kappa shape index (κ3) is 3.93. The Kier molecular flexibility index (Phi) is 4.77. The van der Waals surface area contributed by atoms with E-state index in [0.717, 1.165) is 31.2 Å². The minimum atomic E-state index is -0.757. The summed E-state index contributed by atoms with van der Waals surface area (Å²) in [6.45, 7) is 3.38. The molecule has 114 valence electrons. The second kappa shape index (κ2) is 6.56. The van der Waals surface area contributed by atoms with Crippen molar-refractivity contribution in [2.75, 3.05) is 0 Å². The number of ether oxygens (including phenoxy) is 1. The molecular formula is C15H20N2O4. The van der Waals surface area contributed by atoms with Crippen molar-refractivity contribution in [2.45, 2.75) is 51.7 Å². The highest BCUT2D eigenvalue weighted by atomic mass is 16.6. The Bertz CT molecular complexity index is 538. The number of amides is 1. The predicted molar refractivity (Wildman–Crippen MR) is 78.3 cm³/mol. The van der Waals surface area contributed by atoms with Crippen LogP contribution in [-0.4, -0.2) is 23.0 Å². The van der Waals surface area contributed by atoms with Gasteiger partial charge >= 0.3 is 5.69 Å². The van der Waals surface area contributed by atoms with Crippen molar-refractivity contribution in [1.82, 2.24) is 5.32 Å². The number of nitrogens with zero attached hydrogens (tertiary/aromatic N) is 1. The van der Waals surface area contributed by atoms with Gasteiger partial charge in [-0.05, 0) is 38.3 Å². The van der Waals surface area contributed by atoms with E-state index in [1.807, 2.05) is 0 Å². The Morgan fingerprint density at radius 1 is 1.43 bits per heavy atom. The van der Waals surface area contributed by atoms with Gasteiger partial charge in [0.05, 0.1) is 4.92 Å². The molecule has 6 heteroatoms. The van der Waals surface area contributed by atoms with Crippen LogP contribution in [0.25, 0.3) is 0 Å². The van der Waals surface area contributed by atoms with Crippen LogP contribution >= 0.6 is 0 Å². The Balaban J connectivity index is 2.03. The van der Waals surface area contributed by atoms with E-state index in [2.05, 4.69) is 5.32 Å². The van der Waals surface area contributed by atoms with Gasteiger partial charge in [-0.3, -0.25) is 14.9 Å². The van der Waals surface area contributed by atoms with E-state index in [1.54, 1.807) is 19.9 Å². The molecule has 2 rings (SSSR count). The fourth-order valence-electron chi connectivity index (χ4n) is 2.50. The number of carbonyl (C=O) groups is 1. The van der Waals surface area contributed by atoms with Crippen LogP contribution in [0.5, 0.6) is 5.75 Å². The SMILES string of the molecule is Cc1ccc(O[C@@H](C)C(=O)NC2CCCC2)c([N+](=O)[O-])c1. The molecule has 21 heavy (non-hydrogen) atoms. The summed E-state index contributed by atoms with van der Waals surface area (Å²) in [5.41, 5.74) is 0.660. The lowest BCUT2D eigenvalue weighted by molar-refractivity contribution is -0.386. The second-order valence-electron chi connectivity index (χ2n) is 5.48. The lowest BCUT2D eigenvalue weighted by Gasteiger charge is -2.18. The van der Waals surface area contributed by atoms with E-state index in [0.29, 0.717) is 0 Å². The van der Waals surface area contributed by atoms with Gasteiger partial charge in [0.2, 0.25) is 0 Å². The van der Waals surface area contributed by atoms with Gasteiger partial charge in [0.1, 0.15) is 0 Å². The van der Waals surface area contributed by atoms with Crippen molar-refractivity contribution >= 4 is 11.6 Å². The van der Waals surface area contributed by atoms with Crippen molar-refractivity contribution in [3.05, 3.63) is 33.9 Å². The average molecular weight is 292 g/mol. The van der Waals surface area contributed by atoms with E-state index in [-0.39, 0.29) is 23.4 Å². The zero-order chi connectivity index (χ0) is 15.4. The van der Waals surface area contributed by atoms with Gasteiger partial charge in [-0.25, -0.2) is 0 Å². The van der Waals surface area contributed by atoms with Crippen LogP contribution in [0.15, 0.2) is 18.2 Å².